The molecule has 0 unspecified atom stereocenters. The second-order valence-corrected chi connectivity index (χ2v) is 7.71. The van der Waals surface area contributed by atoms with Crippen LogP contribution in [0.4, 0.5) is 11.5 Å². The fraction of sp³-hybridized carbons (Fsp3) is 0.231. The van der Waals surface area contributed by atoms with E-state index in [4.69, 9.17) is 0 Å². The third-order valence-corrected chi connectivity index (χ3v) is 5.61. The minimum atomic E-state index is 0.0564. The second-order valence-electron chi connectivity index (χ2n) is 7.71. The van der Waals surface area contributed by atoms with E-state index in [9.17, 15) is 4.79 Å². The van der Waals surface area contributed by atoms with E-state index in [0.29, 0.717) is 5.56 Å². The van der Waals surface area contributed by atoms with Crippen LogP contribution in [0.1, 0.15) is 15.9 Å². The summed E-state index contributed by atoms with van der Waals surface area (Å²) in [6.07, 6.45) is 6.03. The first-order chi connectivity index (χ1) is 15.2. The molecule has 5 nitrogen and oxygen atoms in total. The highest BCUT2D eigenvalue weighted by Crippen LogP contribution is 2.21. The Labute approximate surface area is 184 Å². The van der Waals surface area contributed by atoms with Crippen LogP contribution in [-0.2, 0) is 0 Å². The van der Waals surface area contributed by atoms with E-state index in [0.717, 1.165) is 44.2 Å². The number of carbonyl (C=O) groups excluding carboxylic acids is 1. The lowest BCUT2D eigenvalue weighted by atomic mass is 10.2. The van der Waals surface area contributed by atoms with Gasteiger partial charge in [0.1, 0.15) is 5.82 Å². The van der Waals surface area contributed by atoms with Gasteiger partial charge in [0.2, 0.25) is 0 Å². The molecule has 1 fully saturated rings. The lowest BCUT2D eigenvalue weighted by Gasteiger charge is -2.34. The highest BCUT2D eigenvalue weighted by atomic mass is 16.2. The summed E-state index contributed by atoms with van der Waals surface area (Å²) in [5.41, 5.74) is 2.92. The molecule has 0 N–H and O–H groups in total. The molecule has 1 amide bonds. The number of para-hydroxylation sites is 1. The number of hydrogen-bond acceptors (Lipinski definition) is 4. The molecular weight excluding hydrogens is 384 g/mol. The summed E-state index contributed by atoms with van der Waals surface area (Å²) in [5, 5.41) is 0. The van der Waals surface area contributed by atoms with Gasteiger partial charge in [-0.1, -0.05) is 60.7 Å². The van der Waals surface area contributed by atoms with Crippen molar-refractivity contribution < 1.29 is 4.79 Å². The van der Waals surface area contributed by atoms with Crippen LogP contribution in [0.15, 0.2) is 85.1 Å². The molecule has 2 heterocycles. The number of rotatable bonds is 6. The van der Waals surface area contributed by atoms with Crippen molar-refractivity contribution in [1.82, 2.24) is 14.8 Å². The van der Waals surface area contributed by atoms with Crippen molar-refractivity contribution in [3.8, 4) is 0 Å². The first-order valence-corrected chi connectivity index (χ1v) is 10.7. The summed E-state index contributed by atoms with van der Waals surface area (Å²) in [4.78, 5) is 23.7. The molecular formula is C26H28N4O. The lowest BCUT2D eigenvalue weighted by molar-refractivity contribution is 0.0650. The number of anilines is 2. The summed E-state index contributed by atoms with van der Waals surface area (Å²) >= 11 is 0. The Morgan fingerprint density at radius 2 is 1.61 bits per heavy atom. The molecule has 1 aliphatic rings. The van der Waals surface area contributed by atoms with Gasteiger partial charge in [-0.25, -0.2) is 4.98 Å². The molecule has 0 bridgehead atoms. The van der Waals surface area contributed by atoms with Gasteiger partial charge in [-0.15, -0.1) is 0 Å². The normalized spacial score (nSPS) is 14.7. The van der Waals surface area contributed by atoms with E-state index >= 15 is 0 Å². The van der Waals surface area contributed by atoms with Gasteiger partial charge in [0.15, 0.2) is 0 Å². The molecule has 4 rings (SSSR count). The number of hydrogen-bond donors (Lipinski definition) is 0. The highest BCUT2D eigenvalue weighted by Gasteiger charge is 2.22. The molecule has 31 heavy (non-hydrogen) atoms. The molecule has 158 valence electrons. The fourth-order valence-electron chi connectivity index (χ4n) is 3.71. The Morgan fingerprint density at radius 3 is 2.26 bits per heavy atom. The van der Waals surface area contributed by atoms with Crippen molar-refractivity contribution in [2.24, 2.45) is 0 Å². The van der Waals surface area contributed by atoms with E-state index in [-0.39, 0.29) is 5.91 Å². The molecule has 1 aromatic heterocycles. The van der Waals surface area contributed by atoms with Gasteiger partial charge in [0.05, 0.1) is 5.56 Å². The van der Waals surface area contributed by atoms with Crippen LogP contribution in [0.2, 0.25) is 0 Å². The molecule has 2 aromatic carbocycles. The van der Waals surface area contributed by atoms with E-state index in [1.807, 2.05) is 77.5 Å². The van der Waals surface area contributed by atoms with E-state index in [1.165, 1.54) is 5.56 Å². The van der Waals surface area contributed by atoms with Gasteiger partial charge < -0.3 is 9.80 Å². The number of pyridine rings is 1. The fourth-order valence-corrected chi connectivity index (χ4v) is 3.71. The maximum absolute atomic E-state index is 12.9. The number of carbonyl (C=O) groups is 1. The van der Waals surface area contributed by atoms with E-state index < -0.39 is 0 Å². The van der Waals surface area contributed by atoms with Crippen LogP contribution in [-0.4, -0.2) is 60.5 Å². The van der Waals surface area contributed by atoms with Crippen molar-refractivity contribution in [1.29, 1.82) is 0 Å². The minimum Gasteiger partial charge on any atom is -0.336 e. The van der Waals surface area contributed by atoms with Gasteiger partial charge >= 0.3 is 0 Å². The molecule has 0 atom stereocenters. The van der Waals surface area contributed by atoms with Gasteiger partial charge in [-0.2, -0.15) is 0 Å². The quantitative estimate of drug-likeness (QED) is 0.605. The molecule has 3 aromatic rings. The predicted octanol–water partition coefficient (Wildman–Crippen LogP) is 4.32. The smallest absolute Gasteiger partial charge is 0.255 e. The van der Waals surface area contributed by atoms with Crippen LogP contribution in [0.25, 0.3) is 6.08 Å². The first kappa shape index (κ1) is 20.8. The molecule has 1 saturated heterocycles. The molecule has 1 aliphatic heterocycles. The Morgan fingerprint density at radius 1 is 0.935 bits per heavy atom. The van der Waals surface area contributed by atoms with Crippen LogP contribution in [0.5, 0.6) is 0 Å². The zero-order valence-electron chi connectivity index (χ0n) is 17.9. The monoisotopic (exact) mass is 412 g/mol. The van der Waals surface area contributed by atoms with Crippen LogP contribution in [0.3, 0.4) is 0 Å². The third kappa shape index (κ3) is 5.38. The summed E-state index contributed by atoms with van der Waals surface area (Å²) < 4.78 is 0. The lowest BCUT2D eigenvalue weighted by Crippen LogP contribution is -2.48. The first-order valence-electron chi connectivity index (χ1n) is 10.7. The van der Waals surface area contributed by atoms with Gasteiger partial charge in [0.25, 0.3) is 5.91 Å². The maximum Gasteiger partial charge on any atom is 0.255 e. The van der Waals surface area contributed by atoms with Crippen molar-refractivity contribution in [3.63, 3.8) is 0 Å². The largest absolute Gasteiger partial charge is 0.336 e. The predicted molar refractivity (Wildman–Crippen MR) is 127 cm³/mol. The summed E-state index contributed by atoms with van der Waals surface area (Å²) in [5.74, 6) is 0.874. The molecule has 0 spiro atoms. The molecule has 0 aliphatic carbocycles. The second kappa shape index (κ2) is 10.0. The summed E-state index contributed by atoms with van der Waals surface area (Å²) in [6.45, 7) is 4.15. The number of amides is 1. The Balaban J connectivity index is 1.29. The van der Waals surface area contributed by atoms with Crippen LogP contribution >= 0.6 is 0 Å². The molecule has 0 saturated carbocycles. The van der Waals surface area contributed by atoms with E-state index in [1.54, 1.807) is 6.20 Å². The van der Waals surface area contributed by atoms with Gasteiger partial charge in [-0.3, -0.25) is 9.69 Å². The SMILES string of the molecule is CN(c1ccccc1)c1ccc(C(=O)N2CCN(C/C=C/c3ccccc3)CC2)cn1. The van der Waals surface area contributed by atoms with Crippen molar-refractivity contribution in [3.05, 3.63) is 96.2 Å². The highest BCUT2D eigenvalue weighted by molar-refractivity contribution is 5.94. The minimum absolute atomic E-state index is 0.0564. The third-order valence-electron chi connectivity index (χ3n) is 5.61. The molecule has 5 heteroatoms. The summed E-state index contributed by atoms with van der Waals surface area (Å²) in [7, 11) is 1.98. The zero-order valence-corrected chi connectivity index (χ0v) is 17.9. The Hall–Kier alpha value is -3.44. The topological polar surface area (TPSA) is 39.7 Å². The maximum atomic E-state index is 12.9. The average molecular weight is 413 g/mol. The average Bonchev–Trinajstić information content (AvgIpc) is 2.85. The van der Waals surface area contributed by atoms with Crippen LogP contribution < -0.4 is 4.90 Å². The number of benzene rings is 2. The van der Waals surface area contributed by atoms with E-state index in [2.05, 4.69) is 34.2 Å². The Kier molecular flexibility index (Phi) is 6.75. The number of aromatic nitrogens is 1. The molecule has 0 radical (unpaired) electrons. The zero-order chi connectivity index (χ0) is 21.5. The van der Waals surface area contributed by atoms with Crippen molar-refractivity contribution in [2.75, 3.05) is 44.7 Å². The van der Waals surface area contributed by atoms with Gasteiger partial charge in [0, 0.05) is 51.7 Å². The standard InChI is InChI=1S/C26H28N4O/c1-28(24-12-6-3-7-13-24)25-15-14-23(21-27-25)26(31)30-19-17-29(18-20-30)16-8-11-22-9-4-2-5-10-22/h2-15,21H,16-20H2,1H3/b11-8+. The number of piperazine rings is 1. The van der Waals surface area contributed by atoms with Gasteiger partial charge in [-0.05, 0) is 29.8 Å². The summed E-state index contributed by atoms with van der Waals surface area (Å²) in [6, 6.07) is 24.2. The van der Waals surface area contributed by atoms with Crippen molar-refractivity contribution in [2.45, 2.75) is 0 Å². The van der Waals surface area contributed by atoms with Crippen molar-refractivity contribution >= 4 is 23.5 Å². The van der Waals surface area contributed by atoms with Crippen LogP contribution in [0, 0.1) is 0 Å². The Bertz CT molecular complexity index is 995. The number of nitrogens with zero attached hydrogens (tertiary/aromatic N) is 4.